The van der Waals surface area contributed by atoms with Crippen molar-refractivity contribution in [1.29, 1.82) is 0 Å². The highest BCUT2D eigenvalue weighted by atomic mass is 19.4. The molecule has 7 heteroatoms. The molecule has 1 N–H and O–H groups in total. The summed E-state index contributed by atoms with van der Waals surface area (Å²) < 4.78 is 39.8. The SMILES string of the molecule is CC1C(=O)OCC1NC(=O)C(F)(F)F. The van der Waals surface area contributed by atoms with Crippen LogP contribution in [-0.2, 0) is 14.3 Å². The minimum Gasteiger partial charge on any atom is -0.463 e. The van der Waals surface area contributed by atoms with E-state index >= 15 is 0 Å². The Morgan fingerprint density at radius 1 is 1.57 bits per heavy atom. The fourth-order valence-corrected chi connectivity index (χ4v) is 1.03. The molecule has 0 aliphatic carbocycles. The first-order chi connectivity index (χ1) is 6.32. The lowest BCUT2D eigenvalue weighted by Gasteiger charge is -2.14. The molecule has 0 radical (unpaired) electrons. The highest BCUT2D eigenvalue weighted by Gasteiger charge is 2.43. The molecule has 2 atom stereocenters. The smallest absolute Gasteiger partial charge is 0.463 e. The molecule has 1 saturated heterocycles. The molecule has 4 nitrogen and oxygen atoms in total. The second kappa shape index (κ2) is 3.47. The van der Waals surface area contributed by atoms with Crippen LogP contribution in [0.4, 0.5) is 13.2 Å². The molecule has 1 aliphatic heterocycles. The van der Waals surface area contributed by atoms with Crippen LogP contribution in [0.15, 0.2) is 0 Å². The molecule has 0 bridgehead atoms. The van der Waals surface area contributed by atoms with Crippen molar-refractivity contribution in [3.05, 3.63) is 0 Å². The van der Waals surface area contributed by atoms with E-state index < -0.39 is 30.0 Å². The van der Waals surface area contributed by atoms with Gasteiger partial charge in [-0.15, -0.1) is 0 Å². The summed E-state index contributed by atoms with van der Waals surface area (Å²) in [6.07, 6.45) is -4.93. The van der Waals surface area contributed by atoms with Gasteiger partial charge in [0, 0.05) is 0 Å². The first-order valence-corrected chi connectivity index (χ1v) is 3.86. The number of alkyl halides is 3. The van der Waals surface area contributed by atoms with Crippen molar-refractivity contribution >= 4 is 11.9 Å². The van der Waals surface area contributed by atoms with Crippen molar-refractivity contribution < 1.29 is 27.5 Å². The molecule has 0 saturated carbocycles. The van der Waals surface area contributed by atoms with E-state index in [1.54, 1.807) is 5.32 Å². The molecule has 0 spiro atoms. The number of nitrogens with one attached hydrogen (secondary N) is 1. The Labute approximate surface area is 77.4 Å². The van der Waals surface area contributed by atoms with Crippen molar-refractivity contribution in [2.75, 3.05) is 6.61 Å². The summed E-state index contributed by atoms with van der Waals surface area (Å²) in [4.78, 5) is 21.2. The van der Waals surface area contributed by atoms with E-state index in [-0.39, 0.29) is 6.61 Å². The Bertz CT molecular complexity index is 263. The van der Waals surface area contributed by atoms with Crippen LogP contribution in [0.1, 0.15) is 6.92 Å². The molecule has 2 unspecified atom stereocenters. The van der Waals surface area contributed by atoms with E-state index in [0.717, 1.165) is 0 Å². The van der Waals surface area contributed by atoms with Gasteiger partial charge in [0.2, 0.25) is 0 Å². The number of carbonyl (C=O) groups is 2. The molecular formula is C7H8F3NO3. The fourth-order valence-electron chi connectivity index (χ4n) is 1.03. The fraction of sp³-hybridized carbons (Fsp3) is 0.714. The predicted molar refractivity (Wildman–Crippen MR) is 38.1 cm³/mol. The van der Waals surface area contributed by atoms with Crippen LogP contribution in [-0.4, -0.2) is 30.7 Å². The van der Waals surface area contributed by atoms with E-state index in [9.17, 15) is 22.8 Å². The standard InChI is InChI=1S/C7H8F3NO3/c1-3-4(2-14-5(3)12)11-6(13)7(8,9)10/h3-4H,2H2,1H3,(H,11,13). The minimum absolute atomic E-state index is 0.207. The van der Waals surface area contributed by atoms with Gasteiger partial charge in [0.1, 0.15) is 6.61 Å². The second-order valence-electron chi connectivity index (χ2n) is 3.00. The van der Waals surface area contributed by atoms with Gasteiger partial charge in [-0.05, 0) is 6.92 Å². The van der Waals surface area contributed by atoms with Crippen LogP contribution >= 0.6 is 0 Å². The number of esters is 1. The molecule has 80 valence electrons. The number of hydrogen-bond donors (Lipinski definition) is 1. The van der Waals surface area contributed by atoms with Gasteiger partial charge in [-0.25, -0.2) is 0 Å². The van der Waals surface area contributed by atoms with E-state index in [0.29, 0.717) is 0 Å². The number of ether oxygens (including phenoxy) is 1. The number of cyclic esters (lactones) is 1. The quantitative estimate of drug-likeness (QED) is 0.631. The van der Waals surface area contributed by atoms with Crippen molar-refractivity contribution in [2.45, 2.75) is 19.1 Å². The largest absolute Gasteiger partial charge is 0.471 e. The topological polar surface area (TPSA) is 55.4 Å². The number of carbonyl (C=O) groups excluding carboxylic acids is 2. The zero-order valence-corrected chi connectivity index (χ0v) is 7.22. The average molecular weight is 211 g/mol. The molecular weight excluding hydrogens is 203 g/mol. The monoisotopic (exact) mass is 211 g/mol. The summed E-state index contributed by atoms with van der Waals surface area (Å²) in [5.41, 5.74) is 0. The second-order valence-corrected chi connectivity index (χ2v) is 3.00. The third-order valence-corrected chi connectivity index (χ3v) is 1.95. The molecule has 14 heavy (non-hydrogen) atoms. The van der Waals surface area contributed by atoms with E-state index in [1.165, 1.54) is 6.92 Å². The van der Waals surface area contributed by atoms with Crippen LogP contribution in [0.25, 0.3) is 0 Å². The molecule has 1 fully saturated rings. The third-order valence-electron chi connectivity index (χ3n) is 1.95. The molecule has 0 aromatic carbocycles. The Kier molecular flexibility index (Phi) is 2.68. The van der Waals surface area contributed by atoms with Crippen LogP contribution in [0.2, 0.25) is 0 Å². The summed E-state index contributed by atoms with van der Waals surface area (Å²) in [5, 5.41) is 1.69. The van der Waals surface area contributed by atoms with Crippen molar-refractivity contribution in [3.8, 4) is 0 Å². The maximum Gasteiger partial charge on any atom is 0.471 e. The lowest BCUT2D eigenvalue weighted by Crippen LogP contribution is -2.46. The zero-order valence-electron chi connectivity index (χ0n) is 7.22. The minimum atomic E-state index is -4.93. The van der Waals surface area contributed by atoms with Crippen LogP contribution < -0.4 is 5.32 Å². The molecule has 0 aromatic rings. The van der Waals surface area contributed by atoms with Crippen molar-refractivity contribution in [2.24, 2.45) is 5.92 Å². The van der Waals surface area contributed by atoms with Gasteiger partial charge in [0.25, 0.3) is 0 Å². The maximum atomic E-state index is 11.8. The summed E-state index contributed by atoms with van der Waals surface area (Å²) in [6, 6.07) is -0.892. The molecule has 1 aliphatic rings. The number of rotatable bonds is 1. The van der Waals surface area contributed by atoms with Crippen LogP contribution in [0, 0.1) is 5.92 Å². The number of hydrogen-bond acceptors (Lipinski definition) is 3. The number of halogens is 3. The van der Waals surface area contributed by atoms with Gasteiger partial charge >= 0.3 is 18.1 Å². The van der Waals surface area contributed by atoms with Gasteiger partial charge in [-0.1, -0.05) is 0 Å². The lowest BCUT2D eigenvalue weighted by atomic mass is 10.1. The van der Waals surface area contributed by atoms with Crippen LogP contribution in [0.5, 0.6) is 0 Å². The summed E-state index contributed by atoms with van der Waals surface area (Å²) in [5.74, 6) is -3.38. The Morgan fingerprint density at radius 2 is 2.14 bits per heavy atom. The molecule has 1 rings (SSSR count). The third kappa shape index (κ3) is 2.15. The first-order valence-electron chi connectivity index (χ1n) is 3.86. The van der Waals surface area contributed by atoms with Crippen LogP contribution in [0.3, 0.4) is 0 Å². The van der Waals surface area contributed by atoms with Gasteiger partial charge in [-0.2, -0.15) is 13.2 Å². The summed E-state index contributed by atoms with van der Waals surface area (Å²) in [7, 11) is 0. The average Bonchev–Trinajstić information content (AvgIpc) is 2.34. The number of amides is 1. The first kappa shape index (κ1) is 10.8. The van der Waals surface area contributed by atoms with Crippen molar-refractivity contribution in [1.82, 2.24) is 5.32 Å². The molecule has 1 heterocycles. The molecule has 0 aromatic heterocycles. The van der Waals surface area contributed by atoms with Gasteiger partial charge in [0.05, 0.1) is 12.0 Å². The van der Waals surface area contributed by atoms with Gasteiger partial charge in [0.15, 0.2) is 0 Å². The van der Waals surface area contributed by atoms with E-state index in [1.807, 2.05) is 0 Å². The highest BCUT2D eigenvalue weighted by molar-refractivity contribution is 5.83. The van der Waals surface area contributed by atoms with E-state index in [2.05, 4.69) is 4.74 Å². The Balaban J connectivity index is 2.54. The van der Waals surface area contributed by atoms with E-state index in [4.69, 9.17) is 0 Å². The maximum absolute atomic E-state index is 11.8. The Hall–Kier alpha value is -1.27. The Morgan fingerprint density at radius 3 is 2.50 bits per heavy atom. The predicted octanol–water partition coefficient (Wildman–Crippen LogP) is 0.226. The van der Waals surface area contributed by atoms with Gasteiger partial charge < -0.3 is 10.1 Å². The highest BCUT2D eigenvalue weighted by Crippen LogP contribution is 2.18. The van der Waals surface area contributed by atoms with Gasteiger partial charge in [-0.3, -0.25) is 9.59 Å². The van der Waals surface area contributed by atoms with Crippen molar-refractivity contribution in [3.63, 3.8) is 0 Å². The summed E-state index contributed by atoms with van der Waals surface area (Å²) in [6.45, 7) is 1.19. The lowest BCUT2D eigenvalue weighted by molar-refractivity contribution is -0.174. The zero-order chi connectivity index (χ0) is 10.9. The normalized spacial score (nSPS) is 27.3. The molecule has 1 amide bonds. The summed E-state index contributed by atoms with van der Waals surface area (Å²) >= 11 is 0.